The van der Waals surface area contributed by atoms with Crippen LogP contribution in [0.4, 0.5) is 4.79 Å². The van der Waals surface area contributed by atoms with Crippen LogP contribution >= 0.6 is 0 Å². The third-order valence-corrected chi connectivity index (χ3v) is 3.53. The summed E-state index contributed by atoms with van der Waals surface area (Å²) in [6.45, 7) is 6.69. The Morgan fingerprint density at radius 3 is 2.28 bits per heavy atom. The number of carbonyl (C=O) groups is 4. The number of benzene rings is 1. The molecule has 0 aromatic heterocycles. The highest BCUT2D eigenvalue weighted by Gasteiger charge is 2.27. The number of rotatable bonds is 6. The number of amides is 4. The molecule has 8 heteroatoms. The van der Waals surface area contributed by atoms with Crippen LogP contribution in [-0.2, 0) is 14.3 Å². The molecule has 25 heavy (non-hydrogen) atoms. The molecule has 0 aliphatic heterocycles. The van der Waals surface area contributed by atoms with Gasteiger partial charge in [0.2, 0.25) is 0 Å². The van der Waals surface area contributed by atoms with E-state index in [4.69, 9.17) is 10.5 Å². The summed E-state index contributed by atoms with van der Waals surface area (Å²) in [6, 6.07) is 4.15. The van der Waals surface area contributed by atoms with E-state index in [1.165, 1.54) is 0 Å². The van der Waals surface area contributed by atoms with E-state index >= 15 is 0 Å². The second kappa shape index (κ2) is 8.81. The summed E-state index contributed by atoms with van der Waals surface area (Å²) in [5, 5.41) is 4.30. The first kappa shape index (κ1) is 20.1. The van der Waals surface area contributed by atoms with Gasteiger partial charge in [-0.25, -0.2) is 4.79 Å². The van der Waals surface area contributed by atoms with E-state index in [2.05, 4.69) is 5.32 Å². The van der Waals surface area contributed by atoms with Crippen LogP contribution in [0.5, 0.6) is 0 Å². The molecule has 0 saturated carbocycles. The molecule has 0 fully saturated rings. The van der Waals surface area contributed by atoms with Gasteiger partial charge >= 0.3 is 12.0 Å². The number of urea groups is 1. The Morgan fingerprint density at radius 2 is 1.76 bits per heavy atom. The summed E-state index contributed by atoms with van der Waals surface area (Å²) in [6.07, 6.45) is -1.18. The molecule has 0 spiro atoms. The van der Waals surface area contributed by atoms with E-state index in [1.54, 1.807) is 26.0 Å². The van der Waals surface area contributed by atoms with Crippen molar-refractivity contribution in [1.82, 2.24) is 10.6 Å². The van der Waals surface area contributed by atoms with Gasteiger partial charge in [-0.05, 0) is 43.0 Å². The van der Waals surface area contributed by atoms with Crippen molar-refractivity contribution in [3.05, 3.63) is 34.9 Å². The zero-order chi connectivity index (χ0) is 19.1. The maximum absolute atomic E-state index is 12.1. The predicted molar refractivity (Wildman–Crippen MR) is 90.7 cm³/mol. The number of primary amides is 1. The number of nitrogens with two attached hydrogens (primary N) is 1. The van der Waals surface area contributed by atoms with Crippen molar-refractivity contribution < 1.29 is 23.9 Å². The van der Waals surface area contributed by atoms with Gasteiger partial charge in [-0.1, -0.05) is 19.9 Å². The number of aryl methyl sites for hydroxylation is 2. The van der Waals surface area contributed by atoms with Crippen LogP contribution in [0.1, 0.15) is 35.3 Å². The van der Waals surface area contributed by atoms with Crippen molar-refractivity contribution in [3.63, 3.8) is 0 Å². The standard InChI is InChI=1S/C17H23N3O5/c1-9(2)14(16(23)20-17(18)24)25-13(21)8-19-15(22)12-6-5-10(3)11(4)7-12/h5-7,9,14H,8H2,1-4H3,(H,19,22)(H3,18,20,23,24)/t14-/m0/s1. The first-order chi connectivity index (χ1) is 11.6. The number of hydrogen-bond acceptors (Lipinski definition) is 5. The van der Waals surface area contributed by atoms with Crippen LogP contribution in [-0.4, -0.2) is 36.5 Å². The molecule has 0 radical (unpaired) electrons. The second-order valence-electron chi connectivity index (χ2n) is 5.99. The molecule has 1 aromatic rings. The highest BCUT2D eigenvalue weighted by molar-refractivity contribution is 5.98. The van der Waals surface area contributed by atoms with Crippen LogP contribution in [0.2, 0.25) is 0 Å². The van der Waals surface area contributed by atoms with Crippen molar-refractivity contribution >= 4 is 23.8 Å². The highest BCUT2D eigenvalue weighted by atomic mass is 16.5. The minimum absolute atomic E-state index is 0.376. The third kappa shape index (κ3) is 6.25. The van der Waals surface area contributed by atoms with Gasteiger partial charge in [-0.2, -0.15) is 0 Å². The summed E-state index contributed by atoms with van der Waals surface area (Å²) in [5.74, 6) is -2.41. The van der Waals surface area contributed by atoms with E-state index in [1.807, 2.05) is 25.2 Å². The lowest BCUT2D eigenvalue weighted by Crippen LogP contribution is -2.46. The molecule has 1 aromatic carbocycles. The van der Waals surface area contributed by atoms with E-state index in [0.29, 0.717) is 5.56 Å². The molecule has 8 nitrogen and oxygen atoms in total. The number of ether oxygens (including phenoxy) is 1. The number of hydrogen-bond donors (Lipinski definition) is 3. The normalized spacial score (nSPS) is 11.6. The Kier molecular flexibility index (Phi) is 7.10. The largest absolute Gasteiger partial charge is 0.451 e. The van der Waals surface area contributed by atoms with E-state index < -0.39 is 36.5 Å². The number of imide groups is 1. The van der Waals surface area contributed by atoms with Crippen molar-refractivity contribution in [1.29, 1.82) is 0 Å². The van der Waals surface area contributed by atoms with E-state index in [9.17, 15) is 19.2 Å². The van der Waals surface area contributed by atoms with Gasteiger partial charge < -0.3 is 15.8 Å². The van der Waals surface area contributed by atoms with Crippen molar-refractivity contribution in [2.24, 2.45) is 11.7 Å². The van der Waals surface area contributed by atoms with Crippen LogP contribution < -0.4 is 16.4 Å². The SMILES string of the molecule is Cc1ccc(C(=O)NCC(=O)O[C@H](C(=O)NC(N)=O)C(C)C)cc1C. The molecule has 136 valence electrons. The molecular weight excluding hydrogens is 326 g/mol. The molecule has 0 aliphatic carbocycles. The molecule has 0 aliphatic rings. The zero-order valence-electron chi connectivity index (χ0n) is 14.7. The van der Waals surface area contributed by atoms with E-state index in [-0.39, 0.29) is 5.92 Å². The Balaban J connectivity index is 2.62. The summed E-state index contributed by atoms with van der Waals surface area (Å²) < 4.78 is 5.03. The van der Waals surface area contributed by atoms with Gasteiger partial charge in [0.05, 0.1) is 0 Å². The maximum atomic E-state index is 12.1. The summed E-state index contributed by atoms with van der Waals surface area (Å²) in [5.41, 5.74) is 7.31. The average molecular weight is 349 g/mol. The molecule has 1 rings (SSSR count). The fourth-order valence-corrected chi connectivity index (χ4v) is 2.01. The predicted octanol–water partition coefficient (Wildman–Crippen LogP) is 0.796. The smallest absolute Gasteiger partial charge is 0.326 e. The highest BCUT2D eigenvalue weighted by Crippen LogP contribution is 2.10. The summed E-state index contributed by atoms with van der Waals surface area (Å²) >= 11 is 0. The molecule has 4 N–H and O–H groups in total. The van der Waals surface area contributed by atoms with Crippen molar-refractivity contribution in [2.75, 3.05) is 6.54 Å². The maximum Gasteiger partial charge on any atom is 0.326 e. The average Bonchev–Trinajstić information content (AvgIpc) is 2.51. The molecular formula is C17H23N3O5. The van der Waals surface area contributed by atoms with Crippen LogP contribution in [0, 0.1) is 19.8 Å². The number of esters is 1. The summed E-state index contributed by atoms with van der Waals surface area (Å²) in [4.78, 5) is 46.4. The van der Waals surface area contributed by atoms with Crippen molar-refractivity contribution in [3.8, 4) is 0 Å². The van der Waals surface area contributed by atoms with Crippen LogP contribution in [0.15, 0.2) is 18.2 Å². The summed E-state index contributed by atoms with van der Waals surface area (Å²) in [7, 11) is 0. The van der Waals surface area contributed by atoms with Crippen LogP contribution in [0.25, 0.3) is 0 Å². The Labute approximate surface area is 146 Å². The minimum Gasteiger partial charge on any atom is -0.451 e. The Hall–Kier alpha value is -2.90. The lowest BCUT2D eigenvalue weighted by atomic mass is 10.1. The Bertz CT molecular complexity index is 685. The molecule has 0 bridgehead atoms. The van der Waals surface area contributed by atoms with Crippen molar-refractivity contribution in [2.45, 2.75) is 33.8 Å². The van der Waals surface area contributed by atoms with Gasteiger partial charge in [0.1, 0.15) is 6.54 Å². The lowest BCUT2D eigenvalue weighted by Gasteiger charge is -2.19. The molecule has 0 heterocycles. The van der Waals surface area contributed by atoms with Gasteiger partial charge in [0.15, 0.2) is 6.10 Å². The first-order valence-electron chi connectivity index (χ1n) is 7.77. The quantitative estimate of drug-likeness (QED) is 0.654. The van der Waals surface area contributed by atoms with Gasteiger partial charge in [-0.15, -0.1) is 0 Å². The fourth-order valence-electron chi connectivity index (χ4n) is 2.01. The van der Waals surface area contributed by atoms with E-state index in [0.717, 1.165) is 11.1 Å². The topological polar surface area (TPSA) is 128 Å². The molecule has 4 amide bonds. The monoisotopic (exact) mass is 349 g/mol. The van der Waals surface area contributed by atoms with Gasteiger partial charge in [0.25, 0.3) is 11.8 Å². The first-order valence-corrected chi connectivity index (χ1v) is 7.77. The minimum atomic E-state index is -1.18. The molecule has 0 saturated heterocycles. The molecule has 0 unspecified atom stereocenters. The van der Waals surface area contributed by atoms with Gasteiger partial charge in [-0.3, -0.25) is 19.7 Å². The molecule has 1 atom stereocenters. The Morgan fingerprint density at radius 1 is 1.12 bits per heavy atom. The lowest BCUT2D eigenvalue weighted by molar-refractivity contribution is -0.157. The zero-order valence-corrected chi connectivity index (χ0v) is 14.7. The third-order valence-electron chi connectivity index (χ3n) is 3.53. The van der Waals surface area contributed by atoms with Crippen LogP contribution in [0.3, 0.4) is 0 Å². The second-order valence-corrected chi connectivity index (χ2v) is 5.99. The number of nitrogens with one attached hydrogen (secondary N) is 2. The number of carbonyl (C=O) groups excluding carboxylic acids is 4. The fraction of sp³-hybridized carbons (Fsp3) is 0.412. The van der Waals surface area contributed by atoms with Gasteiger partial charge in [0, 0.05) is 5.56 Å².